The van der Waals surface area contributed by atoms with Crippen molar-refractivity contribution in [3.8, 4) is 11.1 Å². The number of nitrogens with one attached hydrogen (secondary N) is 2. The predicted molar refractivity (Wildman–Crippen MR) is 186 cm³/mol. The van der Waals surface area contributed by atoms with Crippen molar-refractivity contribution in [2.45, 2.75) is 13.3 Å². The van der Waals surface area contributed by atoms with E-state index in [2.05, 4.69) is 10.6 Å². The Labute approximate surface area is 278 Å². The molecule has 0 unspecified atom stereocenters. The number of ether oxygens (including phenoxy) is 1. The maximum absolute atomic E-state index is 13.3. The fourth-order valence-electron chi connectivity index (χ4n) is 5.58. The average molecular weight is 656 g/mol. The maximum atomic E-state index is 13.3. The third kappa shape index (κ3) is 7.73. The summed E-state index contributed by atoms with van der Waals surface area (Å²) in [5.41, 5.74) is 6.52. The Morgan fingerprint density at radius 1 is 0.936 bits per heavy atom. The van der Waals surface area contributed by atoms with Gasteiger partial charge in [0.2, 0.25) is 5.91 Å². The number of hydrogen-bond donors (Lipinski definition) is 2. The molecule has 1 fully saturated rings. The van der Waals surface area contributed by atoms with Gasteiger partial charge < -0.3 is 29.7 Å². The second kappa shape index (κ2) is 14.7. The lowest BCUT2D eigenvalue weighted by Gasteiger charge is -2.27. The number of hydrogen-bond acceptors (Lipinski definition) is 6. The van der Waals surface area contributed by atoms with Crippen molar-refractivity contribution in [3.05, 3.63) is 111 Å². The SMILES string of the molecule is Cc1c(NC(=O)c2ccc(N(C)C)cc2)cccc1-c1cc(Cc2ccc(C(=O)N3CCOCC3)c(NC(=O)CCl)c2)c(=O)n(C)c1. The van der Waals surface area contributed by atoms with Gasteiger partial charge in [-0.25, -0.2) is 0 Å². The van der Waals surface area contributed by atoms with Gasteiger partial charge >= 0.3 is 0 Å². The topological polar surface area (TPSA) is 113 Å². The summed E-state index contributed by atoms with van der Waals surface area (Å²) in [4.78, 5) is 55.6. The molecule has 244 valence electrons. The van der Waals surface area contributed by atoms with Crippen LogP contribution in [0.2, 0.25) is 0 Å². The molecule has 1 saturated heterocycles. The molecule has 0 spiro atoms. The van der Waals surface area contributed by atoms with Gasteiger partial charge in [-0.3, -0.25) is 19.2 Å². The van der Waals surface area contributed by atoms with Crippen LogP contribution in [-0.4, -0.2) is 73.5 Å². The monoisotopic (exact) mass is 655 g/mol. The number of amides is 3. The summed E-state index contributed by atoms with van der Waals surface area (Å²) in [5, 5.41) is 5.78. The molecule has 47 heavy (non-hydrogen) atoms. The van der Waals surface area contributed by atoms with Crippen molar-refractivity contribution in [3.63, 3.8) is 0 Å². The van der Waals surface area contributed by atoms with Crippen molar-refractivity contribution >= 4 is 46.4 Å². The highest BCUT2D eigenvalue weighted by atomic mass is 35.5. The van der Waals surface area contributed by atoms with E-state index in [1.165, 1.54) is 4.57 Å². The number of pyridine rings is 1. The second-order valence-corrected chi connectivity index (χ2v) is 12.0. The van der Waals surface area contributed by atoms with E-state index in [0.717, 1.165) is 27.9 Å². The van der Waals surface area contributed by atoms with Crippen LogP contribution in [0.1, 0.15) is 37.4 Å². The zero-order valence-electron chi connectivity index (χ0n) is 26.9. The predicted octanol–water partition coefficient (Wildman–Crippen LogP) is 4.92. The number of nitrogens with zero attached hydrogens (tertiary/aromatic N) is 3. The molecule has 0 radical (unpaired) electrons. The molecule has 1 aliphatic rings. The van der Waals surface area contributed by atoms with Crippen molar-refractivity contribution < 1.29 is 19.1 Å². The minimum absolute atomic E-state index is 0.170. The van der Waals surface area contributed by atoms with Crippen LogP contribution in [0.25, 0.3) is 11.1 Å². The lowest BCUT2D eigenvalue weighted by atomic mass is 9.96. The number of morpholine rings is 1. The fourth-order valence-corrected chi connectivity index (χ4v) is 5.64. The molecule has 2 heterocycles. The summed E-state index contributed by atoms with van der Waals surface area (Å²) in [5.74, 6) is -1.13. The molecule has 4 aromatic rings. The standard InChI is InChI=1S/C36H38ClN5O5/c1-23-29(6-5-7-31(23)39-34(44)25-9-11-28(12-10-25)40(2)3)27-20-26(35(45)41(4)22-27)18-24-8-13-30(32(19-24)38-33(43)21-37)36(46)42-14-16-47-17-15-42/h5-13,19-20,22H,14-18,21H2,1-4H3,(H,38,43)(H,39,44). The molecule has 3 aromatic carbocycles. The van der Waals surface area contributed by atoms with E-state index in [1.54, 1.807) is 48.5 Å². The number of aryl methyl sites for hydroxylation is 1. The fraction of sp³-hybridized carbons (Fsp3) is 0.278. The average Bonchev–Trinajstić information content (AvgIpc) is 3.07. The Kier molecular flexibility index (Phi) is 10.4. The van der Waals surface area contributed by atoms with Gasteiger partial charge in [0.15, 0.2) is 0 Å². The van der Waals surface area contributed by atoms with Crippen LogP contribution in [0.5, 0.6) is 0 Å². The summed E-state index contributed by atoms with van der Waals surface area (Å²) in [7, 11) is 5.59. The first-order valence-electron chi connectivity index (χ1n) is 15.3. The number of carbonyl (C=O) groups excluding carboxylic acids is 3. The lowest BCUT2D eigenvalue weighted by Crippen LogP contribution is -2.41. The number of anilines is 3. The van der Waals surface area contributed by atoms with E-state index in [9.17, 15) is 19.2 Å². The zero-order chi connectivity index (χ0) is 33.7. The zero-order valence-corrected chi connectivity index (χ0v) is 27.7. The summed E-state index contributed by atoms with van der Waals surface area (Å²) < 4.78 is 6.91. The Morgan fingerprint density at radius 2 is 1.66 bits per heavy atom. The molecule has 11 heteroatoms. The Morgan fingerprint density at radius 3 is 2.34 bits per heavy atom. The normalized spacial score (nSPS) is 12.8. The van der Waals surface area contributed by atoms with Crippen LogP contribution in [0.4, 0.5) is 17.1 Å². The van der Waals surface area contributed by atoms with Gasteiger partial charge in [0.05, 0.1) is 24.5 Å². The molecule has 0 saturated carbocycles. The van der Waals surface area contributed by atoms with Gasteiger partial charge in [-0.15, -0.1) is 11.6 Å². The molecule has 1 aromatic heterocycles. The van der Waals surface area contributed by atoms with E-state index in [0.29, 0.717) is 54.4 Å². The number of halogens is 1. The molecule has 0 atom stereocenters. The molecule has 3 amide bonds. The molecule has 0 aliphatic carbocycles. The third-order valence-electron chi connectivity index (χ3n) is 8.20. The van der Waals surface area contributed by atoms with Crippen LogP contribution in [0, 0.1) is 6.92 Å². The van der Waals surface area contributed by atoms with Gasteiger partial charge in [-0.1, -0.05) is 18.2 Å². The van der Waals surface area contributed by atoms with Gasteiger partial charge in [0.25, 0.3) is 17.4 Å². The first-order chi connectivity index (χ1) is 22.5. The highest BCUT2D eigenvalue weighted by molar-refractivity contribution is 6.29. The number of alkyl halides is 1. The highest BCUT2D eigenvalue weighted by Crippen LogP contribution is 2.30. The number of aromatic nitrogens is 1. The van der Waals surface area contributed by atoms with Gasteiger partial charge in [-0.2, -0.15) is 0 Å². The quantitative estimate of drug-likeness (QED) is 0.248. The van der Waals surface area contributed by atoms with Crippen LogP contribution in [0.15, 0.2) is 77.7 Å². The van der Waals surface area contributed by atoms with Crippen molar-refractivity contribution in [2.24, 2.45) is 7.05 Å². The van der Waals surface area contributed by atoms with Crippen LogP contribution < -0.4 is 21.1 Å². The largest absolute Gasteiger partial charge is 0.378 e. The third-order valence-corrected chi connectivity index (χ3v) is 8.44. The summed E-state index contributed by atoms with van der Waals surface area (Å²) >= 11 is 5.77. The van der Waals surface area contributed by atoms with Crippen molar-refractivity contribution in [1.29, 1.82) is 0 Å². The Balaban J connectivity index is 1.43. The van der Waals surface area contributed by atoms with Gasteiger partial charge in [0, 0.05) is 69.4 Å². The minimum Gasteiger partial charge on any atom is -0.378 e. The molecule has 10 nitrogen and oxygen atoms in total. The van der Waals surface area contributed by atoms with Gasteiger partial charge in [0.1, 0.15) is 5.88 Å². The summed E-state index contributed by atoms with van der Waals surface area (Å²) in [6, 6.07) is 20.1. The maximum Gasteiger partial charge on any atom is 0.256 e. The van der Waals surface area contributed by atoms with E-state index in [1.807, 2.05) is 62.3 Å². The number of benzene rings is 3. The first-order valence-corrected chi connectivity index (χ1v) is 15.8. The van der Waals surface area contributed by atoms with E-state index >= 15 is 0 Å². The Bertz CT molecular complexity index is 1860. The van der Waals surface area contributed by atoms with Gasteiger partial charge in [-0.05, 0) is 77.7 Å². The molecule has 0 bridgehead atoms. The van der Waals surface area contributed by atoms with E-state index in [4.69, 9.17) is 16.3 Å². The number of rotatable bonds is 9. The summed E-state index contributed by atoms with van der Waals surface area (Å²) in [6.45, 7) is 3.75. The smallest absolute Gasteiger partial charge is 0.256 e. The molecular weight excluding hydrogens is 618 g/mol. The van der Waals surface area contributed by atoms with Crippen LogP contribution >= 0.6 is 11.6 Å². The molecule has 5 rings (SSSR count). The summed E-state index contributed by atoms with van der Waals surface area (Å²) in [6.07, 6.45) is 2.03. The minimum atomic E-state index is -0.439. The Hall–Kier alpha value is -4.93. The second-order valence-electron chi connectivity index (χ2n) is 11.7. The van der Waals surface area contributed by atoms with Crippen molar-refractivity contribution in [1.82, 2.24) is 9.47 Å². The molecular formula is C36H38ClN5O5. The highest BCUT2D eigenvalue weighted by Gasteiger charge is 2.23. The number of carbonyl (C=O) groups is 3. The molecule has 2 N–H and O–H groups in total. The van der Waals surface area contributed by atoms with E-state index < -0.39 is 5.91 Å². The van der Waals surface area contributed by atoms with Crippen molar-refractivity contribution in [2.75, 3.05) is 61.8 Å². The van der Waals surface area contributed by atoms with Crippen LogP contribution in [0.3, 0.4) is 0 Å². The molecule has 1 aliphatic heterocycles. The lowest BCUT2D eigenvalue weighted by molar-refractivity contribution is -0.113. The van der Waals surface area contributed by atoms with Crippen LogP contribution in [-0.2, 0) is 23.0 Å². The van der Waals surface area contributed by atoms with E-state index in [-0.39, 0.29) is 29.7 Å². The first kappa shape index (κ1) is 33.4.